The van der Waals surface area contributed by atoms with Crippen molar-refractivity contribution >= 4 is 35.4 Å². The van der Waals surface area contributed by atoms with Gasteiger partial charge in [0.15, 0.2) is 11.9 Å². The van der Waals surface area contributed by atoms with Crippen molar-refractivity contribution < 1.29 is 23.6 Å². The van der Waals surface area contributed by atoms with Crippen molar-refractivity contribution in [1.82, 2.24) is 10.5 Å². The van der Waals surface area contributed by atoms with Gasteiger partial charge in [-0.15, -0.1) is 11.8 Å². The molecule has 0 aliphatic heterocycles. The number of aryl methyl sites for hydroxylation is 1. The Morgan fingerprint density at radius 3 is 2.64 bits per heavy atom. The Kier molecular flexibility index (Phi) is 8.54. The molecule has 0 bridgehead atoms. The van der Waals surface area contributed by atoms with Gasteiger partial charge in [0.25, 0.3) is 5.91 Å². The number of anilines is 1. The van der Waals surface area contributed by atoms with Crippen LogP contribution in [-0.4, -0.2) is 47.1 Å². The summed E-state index contributed by atoms with van der Waals surface area (Å²) in [4.78, 5) is 35.5. The molecule has 2 N–H and O–H groups in total. The van der Waals surface area contributed by atoms with Crippen molar-refractivity contribution in [1.29, 1.82) is 0 Å². The van der Waals surface area contributed by atoms with Gasteiger partial charge in [0, 0.05) is 12.6 Å². The minimum absolute atomic E-state index is 0.0348. The van der Waals surface area contributed by atoms with Crippen LogP contribution >= 0.6 is 11.8 Å². The zero-order valence-electron chi connectivity index (χ0n) is 15.8. The third-order valence-corrected chi connectivity index (χ3v) is 4.49. The zero-order valence-corrected chi connectivity index (χ0v) is 16.6. The number of nitrogens with one attached hydrogen (secondary N) is 2. The van der Waals surface area contributed by atoms with Crippen molar-refractivity contribution in [3.8, 4) is 0 Å². The minimum atomic E-state index is -0.893. The van der Waals surface area contributed by atoms with Crippen LogP contribution in [0.4, 0.5) is 5.82 Å². The number of hydrogen-bond donors (Lipinski definition) is 2. The van der Waals surface area contributed by atoms with Gasteiger partial charge in [0.05, 0.1) is 11.5 Å². The average molecular weight is 405 g/mol. The van der Waals surface area contributed by atoms with Gasteiger partial charge in [-0.1, -0.05) is 35.5 Å². The van der Waals surface area contributed by atoms with Crippen LogP contribution in [0.1, 0.15) is 18.2 Å². The van der Waals surface area contributed by atoms with Crippen molar-refractivity contribution in [3.05, 3.63) is 47.7 Å². The summed E-state index contributed by atoms with van der Waals surface area (Å²) < 4.78 is 9.93. The highest BCUT2D eigenvalue weighted by Gasteiger charge is 2.17. The second-order valence-corrected chi connectivity index (χ2v) is 7.01. The number of benzene rings is 1. The summed E-state index contributed by atoms with van der Waals surface area (Å²) in [6, 6.07) is 11.4. The predicted octanol–water partition coefficient (Wildman–Crippen LogP) is 1.95. The molecule has 8 nitrogen and oxygen atoms in total. The standard InChI is InChI=1S/C19H23N3O5S/c1-13-10-16(22-27-13)21-17(23)11-28-12-18(24)26-14(2)19(25)20-9-8-15-6-4-3-5-7-15/h3-7,10,14H,8-9,11-12H2,1-2H3,(H,20,25)(H,21,22,23)/t14-/m0/s1. The molecule has 28 heavy (non-hydrogen) atoms. The lowest BCUT2D eigenvalue weighted by Crippen LogP contribution is -2.37. The maximum atomic E-state index is 12.0. The maximum Gasteiger partial charge on any atom is 0.316 e. The number of rotatable bonds is 10. The molecule has 2 aromatic rings. The number of hydrogen-bond acceptors (Lipinski definition) is 7. The molecule has 0 aliphatic carbocycles. The molecule has 0 unspecified atom stereocenters. The van der Waals surface area contributed by atoms with Crippen molar-refractivity contribution in [2.24, 2.45) is 0 Å². The lowest BCUT2D eigenvalue weighted by atomic mass is 10.1. The number of ether oxygens (including phenoxy) is 1. The van der Waals surface area contributed by atoms with Gasteiger partial charge in [-0.3, -0.25) is 14.4 Å². The molecule has 0 saturated carbocycles. The van der Waals surface area contributed by atoms with E-state index in [4.69, 9.17) is 9.26 Å². The van der Waals surface area contributed by atoms with Crippen LogP contribution in [0.2, 0.25) is 0 Å². The van der Waals surface area contributed by atoms with Crippen LogP contribution in [0.25, 0.3) is 0 Å². The van der Waals surface area contributed by atoms with Gasteiger partial charge in [-0.25, -0.2) is 0 Å². The average Bonchev–Trinajstić information content (AvgIpc) is 3.07. The third-order valence-electron chi connectivity index (χ3n) is 3.58. The number of thioether (sulfide) groups is 1. The van der Waals surface area contributed by atoms with E-state index in [0.29, 0.717) is 24.5 Å². The zero-order chi connectivity index (χ0) is 20.4. The minimum Gasteiger partial charge on any atom is -0.452 e. The molecule has 9 heteroatoms. The van der Waals surface area contributed by atoms with Gasteiger partial charge in [0.1, 0.15) is 5.76 Å². The van der Waals surface area contributed by atoms with Crippen LogP contribution in [-0.2, 0) is 25.5 Å². The summed E-state index contributed by atoms with van der Waals surface area (Å²) in [7, 11) is 0. The Balaban J connectivity index is 1.59. The highest BCUT2D eigenvalue weighted by atomic mass is 32.2. The van der Waals surface area contributed by atoms with Crippen LogP contribution in [0.5, 0.6) is 0 Å². The molecule has 0 spiro atoms. The molecular formula is C19H23N3O5S. The van der Waals surface area contributed by atoms with E-state index in [9.17, 15) is 14.4 Å². The predicted molar refractivity (Wildman–Crippen MR) is 106 cm³/mol. The first-order chi connectivity index (χ1) is 13.4. The van der Waals surface area contributed by atoms with Gasteiger partial charge >= 0.3 is 5.97 Å². The molecule has 0 radical (unpaired) electrons. The van der Waals surface area contributed by atoms with Crippen LogP contribution < -0.4 is 10.6 Å². The molecule has 0 aliphatic rings. The Labute approximate surface area is 167 Å². The quantitative estimate of drug-likeness (QED) is 0.581. The van der Waals surface area contributed by atoms with E-state index in [2.05, 4.69) is 15.8 Å². The lowest BCUT2D eigenvalue weighted by Gasteiger charge is -2.13. The highest BCUT2D eigenvalue weighted by molar-refractivity contribution is 8.00. The molecule has 1 heterocycles. The Morgan fingerprint density at radius 2 is 1.96 bits per heavy atom. The Hall–Kier alpha value is -2.81. The van der Waals surface area contributed by atoms with E-state index >= 15 is 0 Å². The highest BCUT2D eigenvalue weighted by Crippen LogP contribution is 2.09. The van der Waals surface area contributed by atoms with E-state index in [-0.39, 0.29) is 23.3 Å². The number of carbonyl (C=O) groups excluding carboxylic acids is 3. The molecule has 2 rings (SSSR count). The summed E-state index contributed by atoms with van der Waals surface area (Å²) in [5.74, 6) is -0.285. The summed E-state index contributed by atoms with van der Waals surface area (Å²) in [5, 5.41) is 8.94. The molecular weight excluding hydrogens is 382 g/mol. The summed E-state index contributed by atoms with van der Waals surface area (Å²) in [5.41, 5.74) is 1.11. The maximum absolute atomic E-state index is 12.0. The van der Waals surface area contributed by atoms with Crippen molar-refractivity contribution in [3.63, 3.8) is 0 Å². The first-order valence-electron chi connectivity index (χ1n) is 8.76. The SMILES string of the molecule is Cc1cc(NC(=O)CSCC(=O)O[C@@H](C)C(=O)NCCc2ccccc2)no1. The molecule has 150 valence electrons. The second kappa shape index (κ2) is 11.1. The van der Waals surface area contributed by atoms with Gasteiger partial charge in [-0.2, -0.15) is 0 Å². The Morgan fingerprint density at radius 1 is 1.21 bits per heavy atom. The fraction of sp³-hybridized carbons (Fsp3) is 0.368. The topological polar surface area (TPSA) is 111 Å². The summed E-state index contributed by atoms with van der Waals surface area (Å²) in [6.45, 7) is 3.69. The number of carbonyl (C=O) groups is 3. The third kappa shape index (κ3) is 7.83. The number of aromatic nitrogens is 1. The number of amides is 2. The van der Waals surface area contributed by atoms with Crippen molar-refractivity contribution in [2.45, 2.75) is 26.4 Å². The summed E-state index contributed by atoms with van der Waals surface area (Å²) in [6.07, 6.45) is -0.195. The summed E-state index contributed by atoms with van der Waals surface area (Å²) >= 11 is 1.09. The molecule has 1 aromatic heterocycles. The van der Waals surface area contributed by atoms with Gasteiger partial charge in [-0.05, 0) is 25.8 Å². The molecule has 1 atom stereocenters. The van der Waals surface area contributed by atoms with E-state index in [1.807, 2.05) is 30.3 Å². The molecule has 0 saturated heterocycles. The molecule has 0 fully saturated rings. The molecule has 1 aromatic carbocycles. The normalized spacial score (nSPS) is 11.5. The van der Waals surface area contributed by atoms with E-state index in [0.717, 1.165) is 17.3 Å². The van der Waals surface area contributed by atoms with E-state index in [1.165, 1.54) is 6.92 Å². The van der Waals surface area contributed by atoms with Crippen LogP contribution in [0.15, 0.2) is 40.9 Å². The van der Waals surface area contributed by atoms with Gasteiger partial charge in [0.2, 0.25) is 5.91 Å². The first kappa shape index (κ1) is 21.5. The van der Waals surface area contributed by atoms with E-state index < -0.39 is 12.1 Å². The molecule has 2 amide bonds. The number of nitrogens with zero attached hydrogens (tertiary/aromatic N) is 1. The largest absolute Gasteiger partial charge is 0.452 e. The number of esters is 1. The van der Waals surface area contributed by atoms with E-state index in [1.54, 1.807) is 13.0 Å². The Bertz CT molecular complexity index is 794. The first-order valence-corrected chi connectivity index (χ1v) is 9.91. The van der Waals surface area contributed by atoms with Crippen molar-refractivity contribution in [2.75, 3.05) is 23.4 Å². The van der Waals surface area contributed by atoms with Crippen LogP contribution in [0.3, 0.4) is 0 Å². The fourth-order valence-corrected chi connectivity index (χ4v) is 2.83. The lowest BCUT2D eigenvalue weighted by molar-refractivity contribution is -0.152. The second-order valence-electron chi connectivity index (χ2n) is 6.02. The fourth-order valence-electron chi connectivity index (χ4n) is 2.23. The van der Waals surface area contributed by atoms with Gasteiger partial charge < -0.3 is 19.9 Å². The smallest absolute Gasteiger partial charge is 0.316 e. The monoisotopic (exact) mass is 405 g/mol. The van der Waals surface area contributed by atoms with Crippen LogP contribution in [0, 0.1) is 6.92 Å².